The van der Waals surface area contributed by atoms with Gasteiger partial charge < -0.3 is 14.8 Å². The van der Waals surface area contributed by atoms with E-state index in [1.165, 1.54) is 21.9 Å². The van der Waals surface area contributed by atoms with E-state index in [0.29, 0.717) is 6.61 Å². The number of carbonyl (C=O) groups is 1. The molecule has 0 spiro atoms. The second-order valence-electron chi connectivity index (χ2n) is 8.65. The van der Waals surface area contributed by atoms with E-state index >= 15 is 0 Å². The van der Waals surface area contributed by atoms with E-state index in [9.17, 15) is 4.79 Å². The van der Waals surface area contributed by atoms with Crippen molar-refractivity contribution in [2.24, 2.45) is 0 Å². The molecule has 3 rings (SSSR count). The SMILES string of the molecule is COCc1ccc2ccc(CN3CCC(NC(=O)OC(C)(C)C)CC3)cc2c1. The Morgan fingerprint density at radius 1 is 1.07 bits per heavy atom. The highest BCUT2D eigenvalue weighted by Crippen LogP contribution is 2.21. The maximum Gasteiger partial charge on any atom is 0.407 e. The Balaban J connectivity index is 1.53. The van der Waals surface area contributed by atoms with Crippen molar-refractivity contribution in [3.63, 3.8) is 0 Å². The maximum absolute atomic E-state index is 11.9. The van der Waals surface area contributed by atoms with Gasteiger partial charge >= 0.3 is 6.09 Å². The lowest BCUT2D eigenvalue weighted by Crippen LogP contribution is -2.45. The summed E-state index contributed by atoms with van der Waals surface area (Å²) in [4.78, 5) is 14.4. The van der Waals surface area contributed by atoms with Crippen LogP contribution in [-0.4, -0.2) is 42.8 Å². The number of methoxy groups -OCH3 is 1. The van der Waals surface area contributed by atoms with Crippen LogP contribution in [0, 0.1) is 0 Å². The first-order valence-electron chi connectivity index (χ1n) is 10.0. The zero-order valence-electron chi connectivity index (χ0n) is 17.5. The number of fused-ring (bicyclic) bond motifs is 1. The number of alkyl carbamates (subject to hydrolysis) is 1. The minimum atomic E-state index is -0.454. The van der Waals surface area contributed by atoms with Crippen LogP contribution in [0.1, 0.15) is 44.7 Å². The highest BCUT2D eigenvalue weighted by molar-refractivity contribution is 5.83. The Morgan fingerprint density at radius 2 is 1.71 bits per heavy atom. The number of hydrogen-bond acceptors (Lipinski definition) is 4. The number of likely N-dealkylation sites (tertiary alicyclic amines) is 1. The summed E-state index contributed by atoms with van der Waals surface area (Å²) in [5.74, 6) is 0. The van der Waals surface area contributed by atoms with Crippen LogP contribution in [0.25, 0.3) is 10.8 Å². The molecular weight excluding hydrogens is 352 g/mol. The van der Waals surface area contributed by atoms with Gasteiger partial charge in [0.05, 0.1) is 6.61 Å². The zero-order chi connectivity index (χ0) is 20.1. The molecule has 0 radical (unpaired) electrons. The molecule has 2 aromatic rings. The molecule has 1 fully saturated rings. The van der Waals surface area contributed by atoms with Crippen molar-refractivity contribution >= 4 is 16.9 Å². The van der Waals surface area contributed by atoms with Gasteiger partial charge in [-0.3, -0.25) is 4.90 Å². The van der Waals surface area contributed by atoms with Crippen molar-refractivity contribution in [2.45, 2.75) is 58.4 Å². The van der Waals surface area contributed by atoms with E-state index in [2.05, 4.69) is 46.6 Å². The minimum Gasteiger partial charge on any atom is -0.444 e. The maximum atomic E-state index is 11.9. The van der Waals surface area contributed by atoms with Crippen molar-refractivity contribution in [1.29, 1.82) is 0 Å². The average Bonchev–Trinajstić information content (AvgIpc) is 2.62. The summed E-state index contributed by atoms with van der Waals surface area (Å²) < 4.78 is 10.6. The standard InChI is InChI=1S/C23H32N2O3/c1-23(2,3)28-22(26)24-21-9-11-25(12-10-21)15-17-5-7-19-8-6-18(16-27-4)14-20(19)13-17/h5-8,13-14,21H,9-12,15-16H2,1-4H3,(H,24,26). The van der Waals surface area contributed by atoms with Gasteiger partial charge in [-0.25, -0.2) is 4.79 Å². The number of ether oxygens (including phenoxy) is 2. The fourth-order valence-corrected chi connectivity index (χ4v) is 3.67. The first-order valence-corrected chi connectivity index (χ1v) is 10.0. The number of piperidine rings is 1. The molecule has 5 heteroatoms. The second kappa shape index (κ2) is 8.93. The lowest BCUT2D eigenvalue weighted by atomic mass is 10.0. The van der Waals surface area contributed by atoms with Gasteiger partial charge in [0.15, 0.2) is 0 Å². The monoisotopic (exact) mass is 384 g/mol. The zero-order valence-corrected chi connectivity index (χ0v) is 17.5. The molecule has 5 nitrogen and oxygen atoms in total. The number of nitrogens with zero attached hydrogens (tertiary/aromatic N) is 1. The van der Waals surface area contributed by atoms with Crippen LogP contribution in [0.15, 0.2) is 36.4 Å². The predicted molar refractivity (Wildman–Crippen MR) is 112 cm³/mol. The second-order valence-corrected chi connectivity index (χ2v) is 8.65. The third kappa shape index (κ3) is 5.94. The summed E-state index contributed by atoms with van der Waals surface area (Å²) in [6.45, 7) is 9.18. The molecule has 0 saturated carbocycles. The number of carbonyl (C=O) groups excluding carboxylic acids is 1. The van der Waals surface area contributed by atoms with E-state index in [1.54, 1.807) is 7.11 Å². The van der Waals surface area contributed by atoms with Gasteiger partial charge in [0.2, 0.25) is 0 Å². The molecule has 0 aromatic heterocycles. The van der Waals surface area contributed by atoms with Crippen LogP contribution in [0.2, 0.25) is 0 Å². The fraction of sp³-hybridized carbons (Fsp3) is 0.522. The van der Waals surface area contributed by atoms with Crippen molar-refractivity contribution in [2.75, 3.05) is 20.2 Å². The first kappa shape index (κ1) is 20.6. The molecule has 1 N–H and O–H groups in total. The average molecular weight is 385 g/mol. The Bertz CT molecular complexity index is 805. The van der Waals surface area contributed by atoms with Gasteiger partial charge in [0, 0.05) is 32.8 Å². The largest absolute Gasteiger partial charge is 0.444 e. The van der Waals surface area contributed by atoms with Gasteiger partial charge in [0.1, 0.15) is 5.60 Å². The summed E-state index contributed by atoms with van der Waals surface area (Å²) in [6, 6.07) is 13.4. The number of nitrogens with one attached hydrogen (secondary N) is 1. The molecule has 1 aliphatic rings. The molecule has 1 heterocycles. The Hall–Kier alpha value is -2.11. The molecule has 0 bridgehead atoms. The number of amides is 1. The lowest BCUT2D eigenvalue weighted by molar-refractivity contribution is 0.0477. The summed E-state index contributed by atoms with van der Waals surface area (Å²) >= 11 is 0. The minimum absolute atomic E-state index is 0.194. The highest BCUT2D eigenvalue weighted by Gasteiger charge is 2.23. The van der Waals surface area contributed by atoms with Crippen LogP contribution in [-0.2, 0) is 22.6 Å². The summed E-state index contributed by atoms with van der Waals surface area (Å²) in [5, 5.41) is 5.51. The summed E-state index contributed by atoms with van der Waals surface area (Å²) in [7, 11) is 1.72. The first-order chi connectivity index (χ1) is 13.3. The Labute approximate surface area is 168 Å². The molecule has 0 aliphatic carbocycles. The smallest absolute Gasteiger partial charge is 0.407 e. The Morgan fingerprint density at radius 3 is 2.36 bits per heavy atom. The van der Waals surface area contributed by atoms with E-state index in [4.69, 9.17) is 9.47 Å². The van der Waals surface area contributed by atoms with E-state index in [1.807, 2.05) is 20.8 Å². The third-order valence-electron chi connectivity index (χ3n) is 4.99. The molecule has 152 valence electrons. The van der Waals surface area contributed by atoms with Gasteiger partial charge in [0.25, 0.3) is 0 Å². The summed E-state index contributed by atoms with van der Waals surface area (Å²) in [6.07, 6.45) is 1.59. The molecule has 1 amide bonds. The van der Waals surface area contributed by atoms with Crippen LogP contribution in [0.4, 0.5) is 4.79 Å². The van der Waals surface area contributed by atoms with E-state index in [-0.39, 0.29) is 12.1 Å². The van der Waals surface area contributed by atoms with Crippen LogP contribution >= 0.6 is 0 Å². The quantitative estimate of drug-likeness (QED) is 0.826. The van der Waals surface area contributed by atoms with E-state index < -0.39 is 5.60 Å². The number of hydrogen-bond donors (Lipinski definition) is 1. The third-order valence-corrected chi connectivity index (χ3v) is 4.99. The summed E-state index contributed by atoms with van der Waals surface area (Å²) in [5.41, 5.74) is 2.06. The molecule has 1 aliphatic heterocycles. The van der Waals surface area contributed by atoms with Crippen LogP contribution in [0.3, 0.4) is 0 Å². The number of benzene rings is 2. The normalized spacial score (nSPS) is 16.3. The predicted octanol–water partition coefficient (Wildman–Crippen LogP) is 4.48. The van der Waals surface area contributed by atoms with Gasteiger partial charge in [-0.05, 0) is 67.6 Å². The Kier molecular flexibility index (Phi) is 6.57. The van der Waals surface area contributed by atoms with Crippen LogP contribution < -0.4 is 5.32 Å². The molecule has 28 heavy (non-hydrogen) atoms. The molecule has 2 aromatic carbocycles. The van der Waals surface area contributed by atoms with Crippen molar-refractivity contribution in [3.05, 3.63) is 47.5 Å². The van der Waals surface area contributed by atoms with E-state index in [0.717, 1.165) is 32.5 Å². The molecule has 1 saturated heterocycles. The van der Waals surface area contributed by atoms with Crippen LogP contribution in [0.5, 0.6) is 0 Å². The van der Waals surface area contributed by atoms with Gasteiger partial charge in [-0.15, -0.1) is 0 Å². The lowest BCUT2D eigenvalue weighted by Gasteiger charge is -2.32. The molecular formula is C23H32N2O3. The van der Waals surface area contributed by atoms with Crippen molar-refractivity contribution in [3.8, 4) is 0 Å². The van der Waals surface area contributed by atoms with Gasteiger partial charge in [-0.1, -0.05) is 24.3 Å². The molecule has 0 unspecified atom stereocenters. The topological polar surface area (TPSA) is 50.8 Å². The number of rotatable bonds is 5. The highest BCUT2D eigenvalue weighted by atomic mass is 16.6. The fourth-order valence-electron chi connectivity index (χ4n) is 3.67. The molecule has 0 atom stereocenters. The van der Waals surface area contributed by atoms with Crippen molar-refractivity contribution < 1.29 is 14.3 Å². The van der Waals surface area contributed by atoms with Gasteiger partial charge in [-0.2, -0.15) is 0 Å². The van der Waals surface area contributed by atoms with Crippen molar-refractivity contribution in [1.82, 2.24) is 10.2 Å².